The van der Waals surface area contributed by atoms with Crippen LogP contribution in [0, 0.1) is 5.92 Å². The number of rotatable bonds is 1. The van der Waals surface area contributed by atoms with Crippen molar-refractivity contribution < 1.29 is 0 Å². The van der Waals surface area contributed by atoms with E-state index in [0.717, 1.165) is 5.92 Å². The van der Waals surface area contributed by atoms with Gasteiger partial charge < -0.3 is 5.32 Å². The van der Waals surface area contributed by atoms with Crippen LogP contribution in [0.1, 0.15) is 38.5 Å². The second-order valence-corrected chi connectivity index (χ2v) is 4.12. The van der Waals surface area contributed by atoms with Crippen LogP contribution in [0.3, 0.4) is 0 Å². The Balaban J connectivity index is 1.87. The third-order valence-corrected chi connectivity index (χ3v) is 3.12. The molecule has 0 aromatic heterocycles. The van der Waals surface area contributed by atoms with E-state index in [0.29, 0.717) is 0 Å². The van der Waals surface area contributed by atoms with Gasteiger partial charge in [-0.1, -0.05) is 24.5 Å². The van der Waals surface area contributed by atoms with Gasteiger partial charge in [0, 0.05) is 0 Å². The summed E-state index contributed by atoms with van der Waals surface area (Å²) < 4.78 is 0. The number of allylic oxidation sites excluding steroid dienone is 1. The van der Waals surface area contributed by atoms with E-state index in [1.54, 1.807) is 5.57 Å². The lowest BCUT2D eigenvalue weighted by Crippen LogP contribution is -2.23. The SMILES string of the molecule is C(=C1CCNCC1)C1CCCC1. The normalized spacial score (nSPS) is 26.2. The highest BCUT2D eigenvalue weighted by Crippen LogP contribution is 2.28. The topological polar surface area (TPSA) is 12.0 Å². The molecule has 2 fully saturated rings. The lowest BCUT2D eigenvalue weighted by Gasteiger charge is -2.16. The zero-order valence-corrected chi connectivity index (χ0v) is 7.81. The van der Waals surface area contributed by atoms with Crippen molar-refractivity contribution in [2.75, 3.05) is 13.1 Å². The van der Waals surface area contributed by atoms with Crippen molar-refractivity contribution in [1.82, 2.24) is 5.32 Å². The third-order valence-electron chi connectivity index (χ3n) is 3.12. The van der Waals surface area contributed by atoms with Gasteiger partial charge in [0.1, 0.15) is 0 Å². The first-order chi connectivity index (χ1) is 5.95. The van der Waals surface area contributed by atoms with Crippen molar-refractivity contribution in [3.63, 3.8) is 0 Å². The molecule has 0 amide bonds. The van der Waals surface area contributed by atoms with Gasteiger partial charge in [0.05, 0.1) is 0 Å². The van der Waals surface area contributed by atoms with Gasteiger partial charge >= 0.3 is 0 Å². The molecule has 1 saturated carbocycles. The molecule has 2 aliphatic rings. The molecule has 0 unspecified atom stereocenters. The summed E-state index contributed by atoms with van der Waals surface area (Å²) in [5.74, 6) is 0.943. The lowest BCUT2D eigenvalue weighted by atomic mass is 9.98. The summed E-state index contributed by atoms with van der Waals surface area (Å²) in [5.41, 5.74) is 1.72. The summed E-state index contributed by atoms with van der Waals surface area (Å²) in [4.78, 5) is 0. The van der Waals surface area contributed by atoms with Gasteiger partial charge in [-0.3, -0.25) is 0 Å². The molecule has 0 aromatic rings. The summed E-state index contributed by atoms with van der Waals surface area (Å²) in [6, 6.07) is 0. The molecule has 2 rings (SSSR count). The van der Waals surface area contributed by atoms with E-state index in [9.17, 15) is 0 Å². The largest absolute Gasteiger partial charge is 0.316 e. The molecule has 1 heterocycles. The van der Waals surface area contributed by atoms with Crippen LogP contribution in [0.25, 0.3) is 0 Å². The van der Waals surface area contributed by atoms with Crippen molar-refractivity contribution in [3.8, 4) is 0 Å². The molecule has 12 heavy (non-hydrogen) atoms. The minimum Gasteiger partial charge on any atom is -0.316 e. The second kappa shape index (κ2) is 4.08. The van der Waals surface area contributed by atoms with E-state index in [4.69, 9.17) is 0 Å². The minimum absolute atomic E-state index is 0.943. The number of hydrogen-bond donors (Lipinski definition) is 1. The van der Waals surface area contributed by atoms with E-state index >= 15 is 0 Å². The van der Waals surface area contributed by atoms with E-state index in [1.807, 2.05) is 0 Å². The van der Waals surface area contributed by atoms with Crippen LogP contribution in [0.4, 0.5) is 0 Å². The van der Waals surface area contributed by atoms with Crippen molar-refractivity contribution in [2.45, 2.75) is 38.5 Å². The Kier molecular flexibility index (Phi) is 2.83. The zero-order chi connectivity index (χ0) is 8.23. The maximum atomic E-state index is 3.40. The molecule has 0 bridgehead atoms. The van der Waals surface area contributed by atoms with Crippen molar-refractivity contribution in [1.29, 1.82) is 0 Å². The van der Waals surface area contributed by atoms with Crippen LogP contribution in [0.5, 0.6) is 0 Å². The Hall–Kier alpha value is -0.300. The van der Waals surface area contributed by atoms with Gasteiger partial charge in [-0.15, -0.1) is 0 Å². The summed E-state index contributed by atoms with van der Waals surface area (Å²) in [7, 11) is 0. The van der Waals surface area contributed by atoms with Crippen molar-refractivity contribution in [3.05, 3.63) is 11.6 Å². The first kappa shape index (κ1) is 8.31. The zero-order valence-electron chi connectivity index (χ0n) is 7.81. The molecular weight excluding hydrogens is 146 g/mol. The molecular formula is C11H19N. The van der Waals surface area contributed by atoms with E-state index in [-0.39, 0.29) is 0 Å². The minimum atomic E-state index is 0.943. The Morgan fingerprint density at radius 3 is 2.42 bits per heavy atom. The second-order valence-electron chi connectivity index (χ2n) is 4.12. The number of piperidine rings is 1. The first-order valence-corrected chi connectivity index (χ1v) is 5.35. The quantitative estimate of drug-likeness (QED) is 0.589. The molecule has 0 spiro atoms. The molecule has 1 aliphatic heterocycles. The molecule has 1 N–H and O–H groups in total. The predicted octanol–water partition coefficient (Wildman–Crippen LogP) is 2.49. The third kappa shape index (κ3) is 2.10. The highest BCUT2D eigenvalue weighted by molar-refractivity contribution is 5.08. The standard InChI is InChI=1S/C11H19N/c1-2-4-10(3-1)9-11-5-7-12-8-6-11/h9-10,12H,1-8H2. The average molecular weight is 165 g/mol. The molecule has 0 radical (unpaired) electrons. The van der Waals surface area contributed by atoms with Crippen LogP contribution < -0.4 is 5.32 Å². The number of hydrogen-bond acceptors (Lipinski definition) is 1. The Morgan fingerprint density at radius 2 is 1.75 bits per heavy atom. The predicted molar refractivity (Wildman–Crippen MR) is 52.1 cm³/mol. The van der Waals surface area contributed by atoms with Gasteiger partial charge in [-0.25, -0.2) is 0 Å². The average Bonchev–Trinajstić information content (AvgIpc) is 2.59. The fraction of sp³-hybridized carbons (Fsp3) is 0.818. The van der Waals surface area contributed by atoms with Crippen LogP contribution in [0.15, 0.2) is 11.6 Å². The molecule has 1 aliphatic carbocycles. The first-order valence-electron chi connectivity index (χ1n) is 5.35. The maximum Gasteiger partial charge on any atom is -0.00115 e. The highest BCUT2D eigenvalue weighted by atomic mass is 14.9. The van der Waals surface area contributed by atoms with E-state index in [2.05, 4.69) is 11.4 Å². The van der Waals surface area contributed by atoms with Crippen LogP contribution >= 0.6 is 0 Å². The fourth-order valence-electron chi connectivity index (χ4n) is 2.37. The van der Waals surface area contributed by atoms with Gasteiger partial charge in [0.2, 0.25) is 0 Å². The van der Waals surface area contributed by atoms with Gasteiger partial charge in [-0.2, -0.15) is 0 Å². The van der Waals surface area contributed by atoms with Crippen molar-refractivity contribution in [2.24, 2.45) is 5.92 Å². The molecule has 1 nitrogen and oxygen atoms in total. The molecule has 1 heteroatoms. The lowest BCUT2D eigenvalue weighted by molar-refractivity contribution is 0.591. The Bertz CT molecular complexity index is 158. The highest BCUT2D eigenvalue weighted by Gasteiger charge is 2.14. The smallest absolute Gasteiger partial charge is 0.00115 e. The van der Waals surface area contributed by atoms with Crippen LogP contribution in [-0.2, 0) is 0 Å². The Labute approximate surface area is 75.2 Å². The summed E-state index contributed by atoms with van der Waals surface area (Å²) >= 11 is 0. The van der Waals surface area contributed by atoms with Crippen molar-refractivity contribution >= 4 is 0 Å². The fourth-order valence-corrected chi connectivity index (χ4v) is 2.37. The van der Waals surface area contributed by atoms with Crippen LogP contribution in [-0.4, -0.2) is 13.1 Å². The van der Waals surface area contributed by atoms with Gasteiger partial charge in [0.15, 0.2) is 0 Å². The summed E-state index contributed by atoms with van der Waals surface area (Å²) in [6.07, 6.45) is 11.0. The Morgan fingerprint density at radius 1 is 1.08 bits per heavy atom. The summed E-state index contributed by atoms with van der Waals surface area (Å²) in [6.45, 7) is 2.41. The molecule has 1 saturated heterocycles. The van der Waals surface area contributed by atoms with E-state index in [1.165, 1.54) is 51.6 Å². The summed E-state index contributed by atoms with van der Waals surface area (Å²) in [5, 5.41) is 3.40. The molecule has 0 aromatic carbocycles. The maximum absolute atomic E-state index is 3.40. The number of nitrogens with one attached hydrogen (secondary N) is 1. The van der Waals surface area contributed by atoms with Gasteiger partial charge in [0.25, 0.3) is 0 Å². The molecule has 68 valence electrons. The molecule has 0 atom stereocenters. The van der Waals surface area contributed by atoms with E-state index < -0.39 is 0 Å². The monoisotopic (exact) mass is 165 g/mol. The van der Waals surface area contributed by atoms with Gasteiger partial charge in [-0.05, 0) is 44.7 Å². The van der Waals surface area contributed by atoms with Crippen LogP contribution in [0.2, 0.25) is 0 Å².